The Morgan fingerprint density at radius 1 is 1.05 bits per heavy atom. The van der Waals surface area contributed by atoms with Crippen LogP contribution < -0.4 is 0 Å². The fraction of sp³-hybridized carbons (Fsp3) is 0. The van der Waals surface area contributed by atoms with Crippen molar-refractivity contribution in [2.24, 2.45) is 0 Å². The summed E-state index contributed by atoms with van der Waals surface area (Å²) in [6, 6.07) is 16.2. The molecule has 19 heavy (non-hydrogen) atoms. The van der Waals surface area contributed by atoms with E-state index < -0.39 is 0 Å². The number of halogens is 1. The van der Waals surface area contributed by atoms with Crippen molar-refractivity contribution in [1.82, 2.24) is 4.98 Å². The van der Waals surface area contributed by atoms with E-state index in [0.29, 0.717) is 0 Å². The molecule has 0 radical (unpaired) electrons. The minimum Gasteiger partial charge on any atom is -0.337 e. The first-order valence-electron chi connectivity index (χ1n) is 5.77. The van der Waals surface area contributed by atoms with Gasteiger partial charge in [-0.15, -0.1) is 11.3 Å². The van der Waals surface area contributed by atoms with E-state index in [0.717, 1.165) is 14.7 Å². The second-order valence-electron chi connectivity index (χ2n) is 4.12. The van der Waals surface area contributed by atoms with Crippen LogP contribution in [0.2, 0.25) is 5.02 Å². The third-order valence-corrected chi connectivity index (χ3v) is 4.26. The maximum atomic E-state index is 5.60. The van der Waals surface area contributed by atoms with Crippen molar-refractivity contribution in [3.63, 3.8) is 0 Å². The Balaban J connectivity index is 0.000000132. The summed E-state index contributed by atoms with van der Waals surface area (Å²) in [5.74, 6) is 0. The highest BCUT2D eigenvalue weighted by molar-refractivity contribution is 7.73. The van der Waals surface area contributed by atoms with Crippen LogP contribution in [0.3, 0.4) is 0 Å². The summed E-state index contributed by atoms with van der Waals surface area (Å²) in [6.07, 6.45) is 0. The highest BCUT2D eigenvalue weighted by Crippen LogP contribution is 2.20. The summed E-state index contributed by atoms with van der Waals surface area (Å²) in [5, 5.41) is 5.50. The van der Waals surface area contributed by atoms with E-state index in [1.807, 2.05) is 35.7 Å². The Labute approximate surface area is 124 Å². The lowest BCUT2D eigenvalue weighted by molar-refractivity contribution is 1.38. The van der Waals surface area contributed by atoms with Crippen LogP contribution in [0.15, 0.2) is 53.9 Å². The molecule has 2 aromatic rings. The fourth-order valence-electron chi connectivity index (χ4n) is 1.78. The minimum absolute atomic E-state index is 0.828. The number of hydrogen-bond donors (Lipinski definition) is 1. The highest BCUT2D eigenvalue weighted by Gasteiger charge is 2.00. The molecule has 0 amide bonds. The van der Waals surface area contributed by atoms with Crippen LogP contribution in [0.1, 0.15) is 0 Å². The fourth-order valence-corrected chi connectivity index (χ4v) is 2.91. The van der Waals surface area contributed by atoms with Crippen LogP contribution in [0.5, 0.6) is 0 Å². The molecule has 0 unspecified atom stereocenters. The molecule has 1 nitrogen and oxygen atoms in total. The van der Waals surface area contributed by atoms with Crippen LogP contribution in [0.25, 0.3) is 11.3 Å². The molecule has 0 spiro atoms. The van der Waals surface area contributed by atoms with Crippen molar-refractivity contribution in [3.8, 4) is 11.3 Å². The standard InChI is InChI=1S/C9H7NS2.C6H3Cl/c11-9-10-8(6-12-9)7-4-2-1-3-5-7;7-6-3-4-1-2-5(4)6/h1-6H,(H,10,11);1-3H. The Morgan fingerprint density at radius 3 is 2.21 bits per heavy atom. The molecule has 0 bridgehead atoms. The second kappa shape index (κ2) is 5.29. The van der Waals surface area contributed by atoms with Gasteiger partial charge in [0.2, 0.25) is 0 Å². The smallest absolute Gasteiger partial charge is 0.158 e. The van der Waals surface area contributed by atoms with Crippen molar-refractivity contribution >= 4 is 35.2 Å². The third-order valence-electron chi connectivity index (χ3n) is 2.89. The summed E-state index contributed by atoms with van der Waals surface area (Å²) in [6.45, 7) is 0. The van der Waals surface area contributed by atoms with E-state index in [-0.39, 0.29) is 0 Å². The summed E-state index contributed by atoms with van der Waals surface area (Å²) in [5.41, 5.74) is 2.29. The first-order chi connectivity index (χ1) is 9.24. The van der Waals surface area contributed by atoms with E-state index in [1.54, 1.807) is 11.3 Å². The Morgan fingerprint density at radius 2 is 1.84 bits per heavy atom. The summed E-state index contributed by atoms with van der Waals surface area (Å²) < 4.78 is 0.828. The van der Waals surface area contributed by atoms with Crippen molar-refractivity contribution in [1.29, 1.82) is 0 Å². The Kier molecular flexibility index (Phi) is 3.51. The van der Waals surface area contributed by atoms with Crippen molar-refractivity contribution < 1.29 is 0 Å². The van der Waals surface area contributed by atoms with Crippen LogP contribution in [-0.4, -0.2) is 4.98 Å². The van der Waals surface area contributed by atoms with Gasteiger partial charge in [0.15, 0.2) is 3.95 Å². The minimum atomic E-state index is 0.828. The van der Waals surface area contributed by atoms with Crippen molar-refractivity contribution in [3.05, 3.63) is 73.3 Å². The quantitative estimate of drug-likeness (QED) is 0.465. The molecule has 1 aromatic heterocycles. The zero-order chi connectivity index (χ0) is 13.2. The number of thiazole rings is 1. The molecular formula is C15H10ClNS2. The van der Waals surface area contributed by atoms with E-state index in [9.17, 15) is 0 Å². The Hall–Kier alpha value is -1.42. The number of benzene rings is 2. The molecule has 1 heterocycles. The number of H-pyrrole nitrogens is 1. The van der Waals surface area contributed by atoms with Crippen LogP contribution >= 0.6 is 35.2 Å². The number of aromatic nitrogens is 1. The molecule has 2 aliphatic carbocycles. The summed E-state index contributed by atoms with van der Waals surface area (Å²) >= 11 is 12.2. The molecule has 0 saturated carbocycles. The van der Waals surface area contributed by atoms with E-state index in [2.05, 4.69) is 23.2 Å². The number of hydrogen-bond acceptors (Lipinski definition) is 2. The molecule has 2 aliphatic rings. The number of rotatable bonds is 1. The van der Waals surface area contributed by atoms with Crippen LogP contribution in [-0.2, 0) is 0 Å². The largest absolute Gasteiger partial charge is 0.337 e. The number of aromatic amines is 1. The SMILES string of the molecule is Clc1cc2ccc1=2.S=c1[nH]c(-c2ccccc2)cs1. The lowest BCUT2D eigenvalue weighted by atomic mass is 10.1. The lowest BCUT2D eigenvalue weighted by Gasteiger charge is -2.01. The van der Waals surface area contributed by atoms with Gasteiger partial charge in [-0.3, -0.25) is 0 Å². The van der Waals surface area contributed by atoms with Gasteiger partial charge in [-0.1, -0.05) is 54.1 Å². The molecule has 94 valence electrons. The maximum Gasteiger partial charge on any atom is 0.158 e. The van der Waals surface area contributed by atoms with Crippen LogP contribution in [0, 0.1) is 14.4 Å². The zero-order valence-electron chi connectivity index (χ0n) is 9.89. The highest BCUT2D eigenvalue weighted by atomic mass is 35.5. The van der Waals surface area contributed by atoms with E-state index in [1.165, 1.54) is 16.0 Å². The van der Waals surface area contributed by atoms with Gasteiger partial charge >= 0.3 is 0 Å². The maximum absolute atomic E-state index is 5.60. The molecule has 0 atom stereocenters. The second-order valence-corrected chi connectivity index (χ2v) is 6.08. The van der Waals surface area contributed by atoms with E-state index in [4.69, 9.17) is 23.8 Å². The molecule has 0 saturated heterocycles. The normalized spacial score (nSPS) is 10.6. The first-order valence-corrected chi connectivity index (χ1v) is 7.44. The summed E-state index contributed by atoms with van der Waals surface area (Å²) in [7, 11) is 0. The first kappa shape index (κ1) is 12.6. The number of nitrogens with one attached hydrogen (secondary N) is 1. The van der Waals surface area contributed by atoms with Gasteiger partial charge < -0.3 is 4.98 Å². The molecule has 0 aliphatic heterocycles. The molecule has 4 rings (SSSR count). The molecular weight excluding hydrogens is 294 g/mol. The van der Waals surface area contributed by atoms with Gasteiger partial charge in [0.05, 0.1) is 5.69 Å². The van der Waals surface area contributed by atoms with E-state index >= 15 is 0 Å². The topological polar surface area (TPSA) is 15.8 Å². The van der Waals surface area contributed by atoms with Gasteiger partial charge in [0.25, 0.3) is 0 Å². The summed E-state index contributed by atoms with van der Waals surface area (Å²) in [4.78, 5) is 3.13. The molecule has 1 N–H and O–H groups in total. The monoisotopic (exact) mass is 303 g/mol. The molecule has 4 heteroatoms. The van der Waals surface area contributed by atoms with Crippen LogP contribution in [0.4, 0.5) is 0 Å². The van der Waals surface area contributed by atoms with Gasteiger partial charge in [0.1, 0.15) is 0 Å². The van der Waals surface area contributed by atoms with Gasteiger partial charge in [-0.2, -0.15) is 0 Å². The van der Waals surface area contributed by atoms with Gasteiger partial charge in [0, 0.05) is 15.6 Å². The Bertz CT molecular complexity index is 850. The zero-order valence-corrected chi connectivity index (χ0v) is 12.3. The lowest BCUT2D eigenvalue weighted by Crippen LogP contribution is -1.84. The predicted molar refractivity (Wildman–Crippen MR) is 84.1 cm³/mol. The van der Waals surface area contributed by atoms with Gasteiger partial charge in [-0.25, -0.2) is 0 Å². The average molecular weight is 304 g/mol. The molecule has 0 fully saturated rings. The predicted octanol–water partition coefficient (Wildman–Crippen LogP) is 5.41. The van der Waals surface area contributed by atoms with Crippen molar-refractivity contribution in [2.75, 3.05) is 0 Å². The third kappa shape index (κ3) is 2.63. The van der Waals surface area contributed by atoms with Gasteiger partial charge in [-0.05, 0) is 29.1 Å². The average Bonchev–Trinajstić information content (AvgIpc) is 2.84. The van der Waals surface area contributed by atoms with Crippen molar-refractivity contribution in [2.45, 2.75) is 0 Å². The molecule has 1 aromatic carbocycles.